The predicted molar refractivity (Wildman–Crippen MR) is 107 cm³/mol. The number of nitrogens with zero attached hydrogens (tertiary/aromatic N) is 2. The summed E-state index contributed by atoms with van der Waals surface area (Å²) in [5.41, 5.74) is 0.376. The van der Waals surface area contributed by atoms with Gasteiger partial charge in [0.15, 0.2) is 0 Å². The number of amides is 3. The van der Waals surface area contributed by atoms with Crippen LogP contribution in [0.4, 0.5) is 4.79 Å². The van der Waals surface area contributed by atoms with Crippen LogP contribution < -0.4 is 10.2 Å². The summed E-state index contributed by atoms with van der Waals surface area (Å²) in [4.78, 5) is 28.3. The van der Waals surface area contributed by atoms with Crippen LogP contribution in [0.3, 0.4) is 0 Å². The zero-order valence-corrected chi connectivity index (χ0v) is 18.1. The van der Waals surface area contributed by atoms with Gasteiger partial charge >= 0.3 is 6.03 Å². The molecule has 0 atom stereocenters. The molecular formula is C19H31N4O4S+. The average molecular weight is 412 g/mol. The van der Waals surface area contributed by atoms with E-state index in [2.05, 4.69) is 5.32 Å². The number of carbonyl (C=O) groups is 2. The van der Waals surface area contributed by atoms with Crippen LogP contribution in [0.2, 0.25) is 0 Å². The molecule has 0 saturated carbocycles. The lowest BCUT2D eigenvalue weighted by Crippen LogP contribution is -3.12. The van der Waals surface area contributed by atoms with Crippen LogP contribution in [0, 0.1) is 6.92 Å². The quantitative estimate of drug-likeness (QED) is 0.721. The predicted octanol–water partition coefficient (Wildman–Crippen LogP) is -0.149. The van der Waals surface area contributed by atoms with Crippen molar-refractivity contribution >= 4 is 22.0 Å². The Hall–Kier alpha value is -2.13. The van der Waals surface area contributed by atoms with Crippen molar-refractivity contribution in [2.45, 2.75) is 38.1 Å². The Bertz CT molecular complexity index is 807. The zero-order chi connectivity index (χ0) is 21.1. The van der Waals surface area contributed by atoms with Crippen LogP contribution >= 0.6 is 0 Å². The Morgan fingerprint density at radius 2 is 1.68 bits per heavy atom. The Morgan fingerprint density at radius 3 is 2.18 bits per heavy atom. The number of likely N-dealkylation sites (N-methyl/N-ethyl adjacent to an activating group) is 1. The topological polar surface area (TPSA) is 91.2 Å². The van der Waals surface area contributed by atoms with Crippen molar-refractivity contribution in [2.75, 3.05) is 39.8 Å². The molecule has 1 fully saturated rings. The molecule has 1 aliphatic rings. The molecular weight excluding hydrogens is 380 g/mol. The molecule has 2 N–H and O–H groups in total. The van der Waals surface area contributed by atoms with Gasteiger partial charge in [-0.05, 0) is 39.8 Å². The van der Waals surface area contributed by atoms with Crippen LogP contribution in [-0.2, 0) is 14.8 Å². The first-order chi connectivity index (χ1) is 12.9. The molecule has 9 heteroatoms. The van der Waals surface area contributed by atoms with E-state index in [1.165, 1.54) is 21.9 Å². The summed E-state index contributed by atoms with van der Waals surface area (Å²) in [6.45, 7) is 9.07. The first-order valence-corrected chi connectivity index (χ1v) is 10.8. The molecule has 28 heavy (non-hydrogen) atoms. The van der Waals surface area contributed by atoms with E-state index < -0.39 is 34.0 Å². The second-order valence-electron chi connectivity index (χ2n) is 8.35. The Morgan fingerprint density at radius 1 is 1.14 bits per heavy atom. The first kappa shape index (κ1) is 22.2. The van der Waals surface area contributed by atoms with Gasteiger partial charge in [-0.2, -0.15) is 0 Å². The molecule has 156 valence electrons. The van der Waals surface area contributed by atoms with E-state index in [4.69, 9.17) is 0 Å². The maximum atomic E-state index is 13.2. The molecule has 1 aromatic rings. The smallest absolute Gasteiger partial charge is 0.334 e. The van der Waals surface area contributed by atoms with Crippen LogP contribution in [0.5, 0.6) is 0 Å². The molecule has 0 bridgehead atoms. The highest BCUT2D eigenvalue weighted by Gasteiger charge is 2.36. The molecule has 1 saturated heterocycles. The van der Waals surface area contributed by atoms with Gasteiger partial charge in [0.2, 0.25) is 5.91 Å². The summed E-state index contributed by atoms with van der Waals surface area (Å²) in [5, 5.41) is 2.73. The molecule has 2 rings (SSSR count). The lowest BCUT2D eigenvalue weighted by Gasteiger charge is -2.34. The van der Waals surface area contributed by atoms with Gasteiger partial charge in [0, 0.05) is 5.54 Å². The van der Waals surface area contributed by atoms with E-state index in [-0.39, 0.29) is 4.90 Å². The maximum Gasteiger partial charge on any atom is 0.334 e. The van der Waals surface area contributed by atoms with E-state index >= 15 is 0 Å². The first-order valence-electron chi connectivity index (χ1n) is 9.41. The fraction of sp³-hybridized carbons (Fsp3) is 0.579. The minimum absolute atomic E-state index is 0.00485. The van der Waals surface area contributed by atoms with E-state index in [0.717, 1.165) is 18.7 Å². The monoisotopic (exact) mass is 411 g/mol. The zero-order valence-electron chi connectivity index (χ0n) is 17.3. The van der Waals surface area contributed by atoms with Gasteiger partial charge < -0.3 is 15.1 Å². The minimum atomic E-state index is -4.16. The fourth-order valence-electron chi connectivity index (χ4n) is 2.92. The summed E-state index contributed by atoms with van der Waals surface area (Å²) in [6, 6.07) is 5.60. The van der Waals surface area contributed by atoms with Crippen molar-refractivity contribution in [2.24, 2.45) is 0 Å². The summed E-state index contributed by atoms with van der Waals surface area (Å²) in [6.07, 6.45) is 0. The number of rotatable bonds is 4. The number of hydrogen-bond acceptors (Lipinski definition) is 4. The number of benzene rings is 1. The van der Waals surface area contributed by atoms with Crippen molar-refractivity contribution in [3.05, 3.63) is 29.8 Å². The molecule has 0 aliphatic carbocycles. The molecule has 0 spiro atoms. The van der Waals surface area contributed by atoms with Crippen molar-refractivity contribution < 1.29 is 22.9 Å². The number of sulfonamides is 1. The van der Waals surface area contributed by atoms with Crippen molar-refractivity contribution in [3.63, 3.8) is 0 Å². The summed E-state index contributed by atoms with van der Waals surface area (Å²) in [5.74, 6) is -0.517. The summed E-state index contributed by atoms with van der Waals surface area (Å²) < 4.78 is 27.1. The number of quaternary nitrogens is 1. The van der Waals surface area contributed by atoms with E-state index in [9.17, 15) is 18.0 Å². The number of nitrogens with one attached hydrogen (secondary N) is 2. The number of piperazine rings is 1. The Kier molecular flexibility index (Phi) is 6.71. The molecule has 1 aliphatic heterocycles. The van der Waals surface area contributed by atoms with Crippen LogP contribution in [-0.4, -0.2) is 74.9 Å². The fourth-order valence-corrected chi connectivity index (χ4v) is 4.26. The van der Waals surface area contributed by atoms with Crippen molar-refractivity contribution in [1.82, 2.24) is 14.5 Å². The van der Waals surface area contributed by atoms with Crippen LogP contribution in [0.15, 0.2) is 29.2 Å². The second-order valence-corrected chi connectivity index (χ2v) is 10.2. The highest BCUT2D eigenvalue weighted by Crippen LogP contribution is 2.18. The Balaban J connectivity index is 2.33. The van der Waals surface area contributed by atoms with Gasteiger partial charge in [0.25, 0.3) is 10.0 Å². The molecule has 3 amide bonds. The SMILES string of the molecule is Cc1ccc(S(=O)(=O)N(CC(=O)NC(C)(C)C)C(=O)N2CC[NH+](C)CC2)cc1. The average Bonchev–Trinajstić information content (AvgIpc) is 2.58. The molecule has 0 radical (unpaired) electrons. The molecule has 0 aromatic heterocycles. The molecule has 1 aromatic carbocycles. The van der Waals surface area contributed by atoms with E-state index in [1.807, 2.05) is 14.0 Å². The van der Waals surface area contributed by atoms with E-state index in [1.54, 1.807) is 32.9 Å². The van der Waals surface area contributed by atoms with Gasteiger partial charge in [0.05, 0.1) is 38.1 Å². The highest BCUT2D eigenvalue weighted by atomic mass is 32.2. The van der Waals surface area contributed by atoms with Crippen LogP contribution in [0.25, 0.3) is 0 Å². The lowest BCUT2D eigenvalue weighted by molar-refractivity contribution is -0.883. The third-order valence-electron chi connectivity index (χ3n) is 4.51. The highest BCUT2D eigenvalue weighted by molar-refractivity contribution is 7.89. The lowest BCUT2D eigenvalue weighted by atomic mass is 10.1. The number of urea groups is 1. The van der Waals surface area contributed by atoms with Gasteiger partial charge in [-0.25, -0.2) is 17.5 Å². The summed E-state index contributed by atoms with van der Waals surface area (Å²) >= 11 is 0. The molecule has 8 nitrogen and oxygen atoms in total. The number of carbonyl (C=O) groups excluding carboxylic acids is 2. The van der Waals surface area contributed by atoms with Crippen LogP contribution in [0.1, 0.15) is 26.3 Å². The number of hydrogen-bond donors (Lipinski definition) is 2. The molecule has 1 heterocycles. The number of aryl methyl sites for hydroxylation is 1. The van der Waals surface area contributed by atoms with E-state index in [0.29, 0.717) is 17.4 Å². The standard InChI is InChI=1S/C19H30N4O4S/c1-15-6-8-16(9-7-15)28(26,27)23(14-17(24)20-19(2,3)4)18(25)22-12-10-21(5)11-13-22/h6-9H,10-14H2,1-5H3,(H,20,24)/p+1. The normalized spacial score (nSPS) is 16.0. The van der Waals surface area contributed by atoms with Gasteiger partial charge in [-0.15, -0.1) is 0 Å². The maximum absolute atomic E-state index is 13.2. The third kappa shape index (κ3) is 5.68. The third-order valence-corrected chi connectivity index (χ3v) is 6.24. The second kappa shape index (κ2) is 8.48. The largest absolute Gasteiger partial charge is 0.350 e. The summed E-state index contributed by atoms with van der Waals surface area (Å²) in [7, 11) is -2.13. The van der Waals surface area contributed by atoms with Gasteiger partial charge in [-0.1, -0.05) is 17.7 Å². The Labute approximate surface area is 167 Å². The van der Waals surface area contributed by atoms with Crippen molar-refractivity contribution in [3.8, 4) is 0 Å². The molecule has 0 unspecified atom stereocenters. The van der Waals surface area contributed by atoms with Gasteiger partial charge in [0.1, 0.15) is 6.54 Å². The van der Waals surface area contributed by atoms with Gasteiger partial charge in [-0.3, -0.25) is 4.79 Å². The van der Waals surface area contributed by atoms with Crippen molar-refractivity contribution in [1.29, 1.82) is 0 Å². The minimum Gasteiger partial charge on any atom is -0.350 e.